The van der Waals surface area contributed by atoms with Crippen molar-refractivity contribution >= 4 is 11.9 Å². The van der Waals surface area contributed by atoms with Crippen molar-refractivity contribution in [2.75, 3.05) is 38.2 Å². The monoisotopic (exact) mass is 285 g/mol. The van der Waals surface area contributed by atoms with Crippen molar-refractivity contribution < 1.29 is 9.15 Å². The van der Waals surface area contributed by atoms with Crippen molar-refractivity contribution in [1.82, 2.24) is 5.01 Å². The minimum atomic E-state index is 0.780. The smallest absolute Gasteiger partial charge is 0.146 e. The van der Waals surface area contributed by atoms with Crippen molar-refractivity contribution in [3.63, 3.8) is 0 Å². The molecule has 5 heteroatoms. The molecule has 0 saturated carbocycles. The molecule has 21 heavy (non-hydrogen) atoms. The summed E-state index contributed by atoms with van der Waals surface area (Å²) in [6.07, 6.45) is 3.42. The van der Waals surface area contributed by atoms with Crippen molar-refractivity contribution in [3.05, 3.63) is 48.4 Å². The van der Waals surface area contributed by atoms with E-state index < -0.39 is 0 Å². The second kappa shape index (κ2) is 6.35. The summed E-state index contributed by atoms with van der Waals surface area (Å²) in [6, 6.07) is 11.9. The number of para-hydroxylation sites is 2. The zero-order chi connectivity index (χ0) is 14.5. The van der Waals surface area contributed by atoms with E-state index in [1.54, 1.807) is 19.6 Å². The molecule has 2 aromatic rings. The quantitative estimate of drug-likeness (QED) is 0.809. The van der Waals surface area contributed by atoms with Crippen LogP contribution in [0.5, 0.6) is 5.75 Å². The lowest BCUT2D eigenvalue weighted by molar-refractivity contribution is 0.270. The summed E-state index contributed by atoms with van der Waals surface area (Å²) in [5.74, 6) is 1.70. The predicted octanol–water partition coefficient (Wildman–Crippen LogP) is 2.44. The van der Waals surface area contributed by atoms with Crippen LogP contribution in [-0.2, 0) is 0 Å². The Bertz CT molecular complexity index is 587. The lowest BCUT2D eigenvalue weighted by Gasteiger charge is -2.35. The van der Waals surface area contributed by atoms with Gasteiger partial charge in [-0.2, -0.15) is 5.10 Å². The molecule has 0 radical (unpaired) electrons. The molecule has 1 saturated heterocycles. The van der Waals surface area contributed by atoms with Gasteiger partial charge in [0.1, 0.15) is 11.5 Å². The molecule has 2 heterocycles. The van der Waals surface area contributed by atoms with E-state index in [1.807, 2.05) is 30.3 Å². The Morgan fingerprint density at radius 2 is 1.90 bits per heavy atom. The Labute approximate surface area is 124 Å². The number of benzene rings is 1. The van der Waals surface area contributed by atoms with Crippen molar-refractivity contribution in [1.29, 1.82) is 0 Å². The van der Waals surface area contributed by atoms with Gasteiger partial charge in [-0.25, -0.2) is 0 Å². The van der Waals surface area contributed by atoms with Crippen LogP contribution in [0.3, 0.4) is 0 Å². The first-order valence-corrected chi connectivity index (χ1v) is 7.07. The molecule has 1 fully saturated rings. The summed E-state index contributed by atoms with van der Waals surface area (Å²) < 4.78 is 10.7. The highest BCUT2D eigenvalue weighted by Gasteiger charge is 2.18. The number of anilines is 1. The van der Waals surface area contributed by atoms with Gasteiger partial charge in [-0.05, 0) is 24.3 Å². The van der Waals surface area contributed by atoms with Crippen molar-refractivity contribution in [3.8, 4) is 5.75 Å². The topological polar surface area (TPSA) is 41.2 Å². The number of hydrazone groups is 1. The highest BCUT2D eigenvalue weighted by molar-refractivity contribution is 5.75. The SMILES string of the molecule is COc1ccccc1N1CCN(N=Cc2ccco2)CC1. The first-order valence-electron chi connectivity index (χ1n) is 7.07. The molecule has 1 aliphatic heterocycles. The van der Waals surface area contributed by atoms with Gasteiger partial charge in [-0.1, -0.05) is 12.1 Å². The number of piperazine rings is 1. The van der Waals surface area contributed by atoms with Gasteiger partial charge in [-0.15, -0.1) is 0 Å². The molecule has 0 atom stereocenters. The summed E-state index contributed by atoms with van der Waals surface area (Å²) in [6.45, 7) is 3.62. The summed E-state index contributed by atoms with van der Waals surface area (Å²) in [5.41, 5.74) is 1.15. The average Bonchev–Trinajstić information content (AvgIpc) is 3.07. The summed E-state index contributed by atoms with van der Waals surface area (Å²) in [7, 11) is 1.71. The fraction of sp³-hybridized carbons (Fsp3) is 0.312. The minimum absolute atomic E-state index is 0.780. The molecule has 0 spiro atoms. The molecule has 0 amide bonds. The largest absolute Gasteiger partial charge is 0.495 e. The maximum atomic E-state index is 5.42. The van der Waals surface area contributed by atoms with E-state index in [2.05, 4.69) is 21.1 Å². The Balaban J connectivity index is 1.60. The zero-order valence-corrected chi connectivity index (χ0v) is 12.1. The van der Waals surface area contributed by atoms with Crippen LogP contribution in [0, 0.1) is 0 Å². The summed E-state index contributed by atoms with van der Waals surface area (Å²) in [5, 5.41) is 6.52. The predicted molar refractivity (Wildman–Crippen MR) is 83.1 cm³/mol. The Hall–Kier alpha value is -2.43. The number of methoxy groups -OCH3 is 1. The van der Waals surface area contributed by atoms with Gasteiger partial charge >= 0.3 is 0 Å². The van der Waals surface area contributed by atoms with E-state index in [0.717, 1.165) is 43.4 Å². The average molecular weight is 285 g/mol. The highest BCUT2D eigenvalue weighted by Crippen LogP contribution is 2.28. The van der Waals surface area contributed by atoms with Crippen molar-refractivity contribution in [2.45, 2.75) is 0 Å². The van der Waals surface area contributed by atoms with E-state index >= 15 is 0 Å². The maximum absolute atomic E-state index is 5.42. The van der Waals surface area contributed by atoms with E-state index in [1.165, 1.54) is 0 Å². The third-order valence-corrected chi connectivity index (χ3v) is 3.57. The molecule has 3 rings (SSSR count). The van der Waals surface area contributed by atoms with Crippen LogP contribution >= 0.6 is 0 Å². The Kier molecular flexibility index (Phi) is 4.09. The third-order valence-electron chi connectivity index (χ3n) is 3.57. The van der Waals surface area contributed by atoms with Crippen LogP contribution in [0.15, 0.2) is 52.2 Å². The van der Waals surface area contributed by atoms with Crippen LogP contribution in [0.4, 0.5) is 5.69 Å². The van der Waals surface area contributed by atoms with Crippen LogP contribution in [0.25, 0.3) is 0 Å². The molecular formula is C16H19N3O2. The molecule has 0 aliphatic carbocycles. The molecule has 1 aromatic heterocycles. The third kappa shape index (κ3) is 3.18. The maximum Gasteiger partial charge on any atom is 0.146 e. The number of nitrogens with zero attached hydrogens (tertiary/aromatic N) is 3. The van der Waals surface area contributed by atoms with Gasteiger partial charge in [0.05, 0.1) is 38.4 Å². The highest BCUT2D eigenvalue weighted by atomic mass is 16.5. The molecule has 1 aromatic carbocycles. The van der Waals surface area contributed by atoms with E-state index in [-0.39, 0.29) is 0 Å². The van der Waals surface area contributed by atoms with Crippen molar-refractivity contribution in [2.24, 2.45) is 5.10 Å². The first-order chi connectivity index (χ1) is 10.4. The molecule has 1 aliphatic rings. The molecule has 0 unspecified atom stereocenters. The van der Waals surface area contributed by atoms with Gasteiger partial charge in [0.15, 0.2) is 0 Å². The number of rotatable bonds is 4. The molecule has 0 bridgehead atoms. The van der Waals surface area contributed by atoms with Gasteiger partial charge in [0.2, 0.25) is 0 Å². The van der Waals surface area contributed by atoms with Crippen LogP contribution in [0.2, 0.25) is 0 Å². The number of furan rings is 1. The number of ether oxygens (including phenoxy) is 1. The molecule has 0 N–H and O–H groups in total. The van der Waals surface area contributed by atoms with E-state index in [0.29, 0.717) is 0 Å². The minimum Gasteiger partial charge on any atom is -0.495 e. The number of hydrogen-bond donors (Lipinski definition) is 0. The summed E-state index contributed by atoms with van der Waals surface area (Å²) in [4.78, 5) is 2.33. The fourth-order valence-electron chi connectivity index (χ4n) is 2.45. The van der Waals surface area contributed by atoms with Gasteiger partial charge in [0, 0.05) is 13.1 Å². The Morgan fingerprint density at radius 3 is 2.62 bits per heavy atom. The second-order valence-corrected chi connectivity index (χ2v) is 4.87. The van der Waals surface area contributed by atoms with Crippen LogP contribution in [0.1, 0.15) is 5.76 Å². The molecule has 110 valence electrons. The fourth-order valence-corrected chi connectivity index (χ4v) is 2.45. The van der Waals surface area contributed by atoms with Gasteiger partial charge < -0.3 is 14.1 Å². The molecule has 5 nitrogen and oxygen atoms in total. The standard InChI is InChI=1S/C16H19N3O2/c1-20-16-7-3-2-6-15(16)18-8-10-19(11-9-18)17-13-14-5-4-12-21-14/h2-7,12-13H,8-11H2,1H3. The van der Waals surface area contributed by atoms with Gasteiger partial charge in [-0.3, -0.25) is 5.01 Å². The van der Waals surface area contributed by atoms with Crippen LogP contribution < -0.4 is 9.64 Å². The second-order valence-electron chi connectivity index (χ2n) is 4.87. The van der Waals surface area contributed by atoms with Crippen LogP contribution in [-0.4, -0.2) is 44.5 Å². The first kappa shape index (κ1) is 13.5. The zero-order valence-electron chi connectivity index (χ0n) is 12.1. The summed E-state index contributed by atoms with van der Waals surface area (Å²) >= 11 is 0. The van der Waals surface area contributed by atoms with E-state index in [9.17, 15) is 0 Å². The molecular weight excluding hydrogens is 266 g/mol. The number of hydrogen-bond acceptors (Lipinski definition) is 5. The Morgan fingerprint density at radius 1 is 1.10 bits per heavy atom. The lowest BCUT2D eigenvalue weighted by Crippen LogP contribution is -2.44. The van der Waals surface area contributed by atoms with E-state index in [4.69, 9.17) is 9.15 Å². The van der Waals surface area contributed by atoms with Gasteiger partial charge in [0.25, 0.3) is 0 Å². The normalized spacial score (nSPS) is 15.7. The lowest BCUT2D eigenvalue weighted by atomic mass is 10.2.